The van der Waals surface area contributed by atoms with Gasteiger partial charge in [-0.3, -0.25) is 0 Å². The zero-order chi connectivity index (χ0) is 10.6. The molecule has 2 rings (SSSR count). The van der Waals surface area contributed by atoms with E-state index < -0.39 is 0 Å². The molecular formula is C12H17FO. The molecule has 0 fully saturated rings. The predicted octanol–water partition coefficient (Wildman–Crippen LogP) is 3.74. The number of ether oxygens (including phenoxy) is 1. The van der Waals surface area contributed by atoms with Crippen molar-refractivity contribution in [3.8, 4) is 5.75 Å². The van der Waals surface area contributed by atoms with Gasteiger partial charge in [-0.05, 0) is 36.1 Å². The Morgan fingerprint density at radius 1 is 1.36 bits per heavy atom. The minimum Gasteiger partial charge on any atom is -0.493 e. The summed E-state index contributed by atoms with van der Waals surface area (Å²) in [7, 11) is 0. The molecule has 14 heavy (non-hydrogen) atoms. The van der Waals surface area contributed by atoms with Gasteiger partial charge in [0.25, 0.3) is 0 Å². The fraction of sp³-hybridized carbons (Fsp3) is 0.500. The highest BCUT2D eigenvalue weighted by atomic mass is 19.1. The normalized spacial score (nSPS) is 18.7. The summed E-state index contributed by atoms with van der Waals surface area (Å²) in [5, 5.41) is 0. The van der Waals surface area contributed by atoms with E-state index >= 15 is 0 Å². The number of hydrogen-bond acceptors (Lipinski definition) is 1. The summed E-state index contributed by atoms with van der Waals surface area (Å²) in [6, 6.07) is 4.72. The molecule has 1 aromatic carbocycles. The summed E-state index contributed by atoms with van der Waals surface area (Å²) in [5.74, 6) is 1.09. The maximum absolute atomic E-state index is 12.8. The Morgan fingerprint density at radius 2 is 2.07 bits per heavy atom. The van der Waals surface area contributed by atoms with Gasteiger partial charge in [-0.15, -0.1) is 0 Å². The molecule has 0 aromatic heterocycles. The van der Waals surface area contributed by atoms with Gasteiger partial charge >= 0.3 is 0 Å². The molecule has 0 N–H and O–H groups in total. The lowest BCUT2D eigenvalue weighted by Gasteiger charge is -2.22. The van der Waals surface area contributed by atoms with E-state index in [2.05, 4.69) is 6.92 Å². The molecule has 0 bridgehead atoms. The van der Waals surface area contributed by atoms with E-state index in [1.165, 1.54) is 6.07 Å². The van der Waals surface area contributed by atoms with Crippen molar-refractivity contribution in [2.45, 2.75) is 33.1 Å². The monoisotopic (exact) mass is 196 g/mol. The van der Waals surface area contributed by atoms with E-state index in [1.807, 2.05) is 13.8 Å². The van der Waals surface area contributed by atoms with E-state index in [1.54, 1.807) is 12.1 Å². The van der Waals surface area contributed by atoms with Crippen LogP contribution in [0.25, 0.3) is 0 Å². The molecular weight excluding hydrogens is 179 g/mol. The summed E-state index contributed by atoms with van der Waals surface area (Å²) in [5.41, 5.74) is 1.00. The minimum atomic E-state index is -0.175. The average Bonchev–Trinajstić information content (AvgIpc) is 2.22. The van der Waals surface area contributed by atoms with E-state index in [-0.39, 0.29) is 5.82 Å². The number of rotatable bonds is 0. The zero-order valence-corrected chi connectivity index (χ0v) is 9.01. The van der Waals surface area contributed by atoms with E-state index in [4.69, 9.17) is 4.74 Å². The second-order valence-corrected chi connectivity index (χ2v) is 3.22. The van der Waals surface area contributed by atoms with Gasteiger partial charge in [0, 0.05) is 0 Å². The summed E-state index contributed by atoms with van der Waals surface area (Å²) in [6.45, 7) is 6.85. The minimum absolute atomic E-state index is 0.175. The molecule has 0 saturated heterocycles. The van der Waals surface area contributed by atoms with Crippen molar-refractivity contribution in [1.82, 2.24) is 0 Å². The molecule has 1 heterocycles. The molecule has 1 aliphatic rings. The molecule has 0 spiro atoms. The van der Waals surface area contributed by atoms with Gasteiger partial charge in [-0.25, -0.2) is 4.39 Å². The maximum Gasteiger partial charge on any atom is 0.123 e. The summed E-state index contributed by atoms with van der Waals surface area (Å²) < 4.78 is 18.2. The van der Waals surface area contributed by atoms with Crippen molar-refractivity contribution in [3.63, 3.8) is 0 Å². The lowest BCUT2D eigenvalue weighted by atomic mass is 9.95. The van der Waals surface area contributed by atoms with Crippen LogP contribution in [-0.4, -0.2) is 6.61 Å². The Morgan fingerprint density at radius 3 is 2.79 bits per heavy atom. The lowest BCUT2D eigenvalue weighted by Crippen LogP contribution is -2.11. The van der Waals surface area contributed by atoms with Gasteiger partial charge in [0.05, 0.1) is 6.61 Å². The fourth-order valence-corrected chi connectivity index (χ4v) is 1.54. The van der Waals surface area contributed by atoms with Crippen LogP contribution >= 0.6 is 0 Å². The van der Waals surface area contributed by atoms with Crippen LogP contribution in [0.1, 0.15) is 38.7 Å². The molecule has 0 radical (unpaired) electrons. The van der Waals surface area contributed by atoms with Gasteiger partial charge in [-0.2, -0.15) is 0 Å². The molecule has 1 unspecified atom stereocenters. The van der Waals surface area contributed by atoms with Crippen LogP contribution in [0.2, 0.25) is 0 Å². The highest BCUT2D eigenvalue weighted by Gasteiger charge is 2.17. The second-order valence-electron chi connectivity index (χ2n) is 3.22. The SMILES string of the molecule is CC.CC1CCOc2ccc(F)cc21. The van der Waals surface area contributed by atoms with Gasteiger partial charge in [0.2, 0.25) is 0 Å². The van der Waals surface area contributed by atoms with Crippen LogP contribution in [0.4, 0.5) is 4.39 Å². The van der Waals surface area contributed by atoms with E-state index in [9.17, 15) is 4.39 Å². The number of fused-ring (bicyclic) bond motifs is 1. The molecule has 1 nitrogen and oxygen atoms in total. The van der Waals surface area contributed by atoms with Crippen LogP contribution in [0, 0.1) is 5.82 Å². The Labute approximate surface area is 84.9 Å². The van der Waals surface area contributed by atoms with Crippen LogP contribution < -0.4 is 4.74 Å². The molecule has 1 atom stereocenters. The molecule has 1 aromatic rings. The largest absolute Gasteiger partial charge is 0.493 e. The molecule has 1 aliphatic heterocycles. The van der Waals surface area contributed by atoms with Gasteiger partial charge in [0.1, 0.15) is 11.6 Å². The molecule has 0 amide bonds. The van der Waals surface area contributed by atoms with Crippen molar-refractivity contribution in [2.24, 2.45) is 0 Å². The van der Waals surface area contributed by atoms with Crippen LogP contribution in [0.5, 0.6) is 5.75 Å². The Bertz CT molecular complexity index is 296. The number of halogens is 1. The van der Waals surface area contributed by atoms with Crippen molar-refractivity contribution >= 4 is 0 Å². The third kappa shape index (κ3) is 2.25. The van der Waals surface area contributed by atoms with Crippen LogP contribution in [-0.2, 0) is 0 Å². The smallest absolute Gasteiger partial charge is 0.123 e. The van der Waals surface area contributed by atoms with Crippen molar-refractivity contribution in [1.29, 1.82) is 0 Å². The standard InChI is InChI=1S/C10H11FO.C2H6/c1-7-4-5-12-10-3-2-8(11)6-9(7)10;1-2/h2-3,6-7H,4-5H2,1H3;1-2H3. The molecule has 0 saturated carbocycles. The first kappa shape index (κ1) is 11.0. The maximum atomic E-state index is 12.8. The highest BCUT2D eigenvalue weighted by Crippen LogP contribution is 2.33. The van der Waals surface area contributed by atoms with Crippen molar-refractivity contribution < 1.29 is 9.13 Å². The van der Waals surface area contributed by atoms with E-state index in [0.29, 0.717) is 5.92 Å². The van der Waals surface area contributed by atoms with Crippen LogP contribution in [0.15, 0.2) is 18.2 Å². The quantitative estimate of drug-likeness (QED) is 0.614. The third-order valence-corrected chi connectivity index (χ3v) is 2.31. The molecule has 2 heteroatoms. The Kier molecular flexibility index (Phi) is 3.93. The lowest BCUT2D eigenvalue weighted by molar-refractivity contribution is 0.271. The topological polar surface area (TPSA) is 9.23 Å². The second kappa shape index (κ2) is 4.99. The predicted molar refractivity (Wildman–Crippen MR) is 56.3 cm³/mol. The van der Waals surface area contributed by atoms with Gasteiger partial charge in [0.15, 0.2) is 0 Å². The van der Waals surface area contributed by atoms with Gasteiger partial charge in [-0.1, -0.05) is 20.8 Å². The van der Waals surface area contributed by atoms with Crippen LogP contribution in [0.3, 0.4) is 0 Å². The third-order valence-electron chi connectivity index (χ3n) is 2.31. The Balaban J connectivity index is 0.000000461. The zero-order valence-electron chi connectivity index (χ0n) is 9.01. The van der Waals surface area contributed by atoms with Gasteiger partial charge < -0.3 is 4.74 Å². The van der Waals surface area contributed by atoms with Crippen molar-refractivity contribution in [2.75, 3.05) is 6.61 Å². The average molecular weight is 196 g/mol. The Hall–Kier alpha value is -1.05. The molecule has 0 aliphatic carbocycles. The van der Waals surface area contributed by atoms with E-state index in [0.717, 1.165) is 24.3 Å². The first-order chi connectivity index (χ1) is 6.77. The summed E-state index contributed by atoms with van der Waals surface area (Å²) in [4.78, 5) is 0. The summed E-state index contributed by atoms with van der Waals surface area (Å²) in [6.07, 6.45) is 0.983. The number of benzene rings is 1. The highest BCUT2D eigenvalue weighted by molar-refractivity contribution is 5.37. The fourth-order valence-electron chi connectivity index (χ4n) is 1.54. The first-order valence-electron chi connectivity index (χ1n) is 5.19. The molecule has 78 valence electrons. The first-order valence-corrected chi connectivity index (χ1v) is 5.19. The van der Waals surface area contributed by atoms with Crippen molar-refractivity contribution in [3.05, 3.63) is 29.6 Å². The summed E-state index contributed by atoms with van der Waals surface area (Å²) >= 11 is 0. The number of hydrogen-bond donors (Lipinski definition) is 0.